The normalized spacial score (nSPS) is 12.7. The van der Waals surface area contributed by atoms with Crippen molar-refractivity contribution in [2.45, 2.75) is 25.9 Å². The maximum Gasteiger partial charge on any atom is 0.222 e. The number of likely N-dealkylation sites (N-methyl/N-ethyl adjacent to an activating group) is 1. The van der Waals surface area contributed by atoms with Crippen LogP contribution < -0.4 is 5.73 Å². The number of amides is 1. The molecule has 0 aromatic carbocycles. The minimum atomic E-state index is -0.461. The van der Waals surface area contributed by atoms with E-state index in [-0.39, 0.29) is 5.91 Å². The number of hydrogen-bond acceptors (Lipinski definition) is 3. The fraction of sp³-hybridized carbons (Fsp3) is 0.875. The Kier molecular flexibility index (Phi) is 5.66. The fourth-order valence-electron chi connectivity index (χ4n) is 0.942. The Morgan fingerprint density at radius 2 is 2.25 bits per heavy atom. The van der Waals surface area contributed by atoms with Crippen molar-refractivity contribution in [2.75, 3.05) is 20.1 Å². The molecule has 1 amide bonds. The lowest BCUT2D eigenvalue weighted by atomic mass is 10.2. The topological polar surface area (TPSA) is 66.6 Å². The van der Waals surface area contributed by atoms with Crippen LogP contribution in [-0.4, -0.2) is 42.2 Å². The van der Waals surface area contributed by atoms with Crippen molar-refractivity contribution in [1.29, 1.82) is 0 Å². The number of aliphatic hydroxyl groups excluding tert-OH is 1. The predicted octanol–water partition coefficient (Wildman–Crippen LogP) is -0.435. The predicted molar refractivity (Wildman–Crippen MR) is 47.6 cm³/mol. The van der Waals surface area contributed by atoms with Gasteiger partial charge in [-0.2, -0.15) is 0 Å². The van der Waals surface area contributed by atoms with Crippen LogP contribution >= 0.6 is 0 Å². The molecule has 0 aliphatic rings. The zero-order valence-electron chi connectivity index (χ0n) is 7.79. The first kappa shape index (κ1) is 11.4. The van der Waals surface area contributed by atoms with Crippen LogP contribution in [0.5, 0.6) is 0 Å². The first-order chi connectivity index (χ1) is 5.57. The number of aliphatic hydroxyl groups is 1. The van der Waals surface area contributed by atoms with E-state index in [1.807, 2.05) is 0 Å². The van der Waals surface area contributed by atoms with Gasteiger partial charge in [0.1, 0.15) is 0 Å². The molecule has 0 fully saturated rings. The first-order valence-electron chi connectivity index (χ1n) is 4.20. The lowest BCUT2D eigenvalue weighted by molar-refractivity contribution is -0.131. The Morgan fingerprint density at radius 1 is 1.67 bits per heavy atom. The first-order valence-corrected chi connectivity index (χ1v) is 4.20. The largest absolute Gasteiger partial charge is 0.392 e. The molecule has 1 unspecified atom stereocenters. The van der Waals surface area contributed by atoms with E-state index in [9.17, 15) is 4.79 Å². The van der Waals surface area contributed by atoms with Crippen LogP contribution in [0.25, 0.3) is 0 Å². The number of carbonyl (C=O) groups excluding carboxylic acids is 1. The number of nitrogens with zero attached hydrogens (tertiary/aromatic N) is 1. The maximum absolute atomic E-state index is 11.2. The van der Waals surface area contributed by atoms with Gasteiger partial charge in [-0.15, -0.1) is 0 Å². The molecule has 0 aliphatic heterocycles. The molecule has 0 saturated carbocycles. The van der Waals surface area contributed by atoms with Crippen LogP contribution in [0, 0.1) is 0 Å². The third-order valence-electron chi connectivity index (χ3n) is 1.56. The Morgan fingerprint density at radius 3 is 2.67 bits per heavy atom. The highest BCUT2D eigenvalue weighted by molar-refractivity contribution is 5.75. The van der Waals surface area contributed by atoms with Gasteiger partial charge < -0.3 is 15.7 Å². The van der Waals surface area contributed by atoms with Crippen molar-refractivity contribution in [3.05, 3.63) is 0 Å². The Hall–Kier alpha value is -0.610. The standard InChI is InChI=1S/C8H18N2O2/c1-7(11)6-10(2)8(12)4-3-5-9/h7,11H,3-6,9H2,1-2H3. The summed E-state index contributed by atoms with van der Waals surface area (Å²) in [6, 6.07) is 0. The average Bonchev–Trinajstić information content (AvgIpc) is 1.98. The van der Waals surface area contributed by atoms with Crippen molar-refractivity contribution >= 4 is 5.91 Å². The molecule has 0 aromatic heterocycles. The molecule has 0 heterocycles. The summed E-state index contributed by atoms with van der Waals surface area (Å²) in [6.45, 7) is 2.59. The Bertz CT molecular complexity index is 137. The molecule has 4 nitrogen and oxygen atoms in total. The summed E-state index contributed by atoms with van der Waals surface area (Å²) >= 11 is 0. The van der Waals surface area contributed by atoms with Crippen LogP contribution in [0.1, 0.15) is 19.8 Å². The number of hydrogen-bond donors (Lipinski definition) is 2. The summed E-state index contributed by atoms with van der Waals surface area (Å²) in [5.74, 6) is 0.0429. The summed E-state index contributed by atoms with van der Waals surface area (Å²) in [5, 5.41) is 8.98. The molecule has 0 aliphatic carbocycles. The third-order valence-corrected chi connectivity index (χ3v) is 1.56. The van der Waals surface area contributed by atoms with Crippen molar-refractivity contribution < 1.29 is 9.90 Å². The van der Waals surface area contributed by atoms with E-state index in [1.165, 1.54) is 4.90 Å². The monoisotopic (exact) mass is 174 g/mol. The summed E-state index contributed by atoms with van der Waals surface area (Å²) in [5.41, 5.74) is 5.26. The minimum Gasteiger partial charge on any atom is -0.392 e. The van der Waals surface area contributed by atoms with Gasteiger partial charge in [0.2, 0.25) is 5.91 Å². The molecule has 0 saturated heterocycles. The molecule has 1 atom stereocenters. The number of carbonyl (C=O) groups is 1. The van der Waals surface area contributed by atoms with Gasteiger partial charge in [0.25, 0.3) is 0 Å². The van der Waals surface area contributed by atoms with Gasteiger partial charge >= 0.3 is 0 Å². The highest BCUT2D eigenvalue weighted by Gasteiger charge is 2.09. The van der Waals surface area contributed by atoms with E-state index in [0.29, 0.717) is 25.9 Å². The van der Waals surface area contributed by atoms with Crippen molar-refractivity contribution in [2.24, 2.45) is 5.73 Å². The highest BCUT2D eigenvalue weighted by Crippen LogP contribution is 1.95. The second-order valence-corrected chi connectivity index (χ2v) is 3.02. The third kappa shape index (κ3) is 5.09. The van der Waals surface area contributed by atoms with E-state index >= 15 is 0 Å². The molecule has 0 spiro atoms. The Labute approximate surface area is 73.3 Å². The molecular weight excluding hydrogens is 156 g/mol. The SMILES string of the molecule is CC(O)CN(C)C(=O)CCCN. The van der Waals surface area contributed by atoms with Gasteiger partial charge in [-0.1, -0.05) is 0 Å². The van der Waals surface area contributed by atoms with Gasteiger partial charge in [-0.05, 0) is 19.9 Å². The maximum atomic E-state index is 11.2. The Balaban J connectivity index is 3.61. The summed E-state index contributed by atoms with van der Waals surface area (Å²) in [6.07, 6.45) is 0.722. The molecule has 0 radical (unpaired) electrons. The van der Waals surface area contributed by atoms with Crippen LogP contribution in [0.15, 0.2) is 0 Å². The van der Waals surface area contributed by atoms with E-state index in [4.69, 9.17) is 10.8 Å². The average molecular weight is 174 g/mol. The van der Waals surface area contributed by atoms with Crippen molar-refractivity contribution in [3.8, 4) is 0 Å². The van der Waals surface area contributed by atoms with Gasteiger partial charge in [0, 0.05) is 20.0 Å². The summed E-state index contributed by atoms with van der Waals surface area (Å²) in [7, 11) is 1.69. The second-order valence-electron chi connectivity index (χ2n) is 3.02. The van der Waals surface area contributed by atoms with Crippen LogP contribution in [0.2, 0.25) is 0 Å². The molecule has 72 valence electrons. The van der Waals surface area contributed by atoms with Crippen LogP contribution in [-0.2, 0) is 4.79 Å². The molecule has 12 heavy (non-hydrogen) atoms. The molecule has 0 bridgehead atoms. The van der Waals surface area contributed by atoms with E-state index in [1.54, 1.807) is 14.0 Å². The van der Waals surface area contributed by atoms with Crippen LogP contribution in [0.4, 0.5) is 0 Å². The lowest BCUT2D eigenvalue weighted by Crippen LogP contribution is -2.33. The quantitative estimate of drug-likeness (QED) is 0.594. The lowest BCUT2D eigenvalue weighted by Gasteiger charge is -2.18. The molecule has 3 N–H and O–H groups in total. The molecule has 0 rings (SSSR count). The smallest absolute Gasteiger partial charge is 0.222 e. The van der Waals surface area contributed by atoms with Crippen molar-refractivity contribution in [1.82, 2.24) is 4.90 Å². The number of rotatable bonds is 5. The van der Waals surface area contributed by atoms with Gasteiger partial charge in [0.15, 0.2) is 0 Å². The van der Waals surface area contributed by atoms with Gasteiger partial charge in [-0.3, -0.25) is 4.79 Å². The second kappa shape index (κ2) is 5.97. The summed E-state index contributed by atoms with van der Waals surface area (Å²) in [4.78, 5) is 12.7. The van der Waals surface area contributed by atoms with Gasteiger partial charge in [0.05, 0.1) is 6.10 Å². The zero-order valence-corrected chi connectivity index (χ0v) is 7.79. The van der Waals surface area contributed by atoms with Crippen molar-refractivity contribution in [3.63, 3.8) is 0 Å². The van der Waals surface area contributed by atoms with E-state index in [2.05, 4.69) is 0 Å². The molecule has 0 aromatic rings. The number of nitrogens with two attached hydrogens (primary N) is 1. The van der Waals surface area contributed by atoms with E-state index in [0.717, 1.165) is 0 Å². The highest BCUT2D eigenvalue weighted by atomic mass is 16.3. The van der Waals surface area contributed by atoms with Gasteiger partial charge in [-0.25, -0.2) is 0 Å². The fourth-order valence-corrected chi connectivity index (χ4v) is 0.942. The zero-order chi connectivity index (χ0) is 9.56. The summed E-state index contributed by atoms with van der Waals surface area (Å²) < 4.78 is 0. The molecule has 4 heteroatoms. The van der Waals surface area contributed by atoms with E-state index < -0.39 is 6.10 Å². The minimum absolute atomic E-state index is 0.0429. The molecular formula is C8H18N2O2. The van der Waals surface area contributed by atoms with Crippen LogP contribution in [0.3, 0.4) is 0 Å².